The van der Waals surface area contributed by atoms with Crippen LogP contribution in [0.15, 0.2) is 0 Å². The van der Waals surface area contributed by atoms with Gasteiger partial charge in [0, 0.05) is 12.8 Å². The standard InChI is InChI=1S/C19H35NO4/c21-18(14-10-6-7-11-15-19(22)23)20-24-16-17-12-8-4-2-1-3-5-9-13-17/h17H,1-16H2,(H,20,21)(H,22,23). The Morgan fingerprint density at radius 2 is 1.38 bits per heavy atom. The molecular weight excluding hydrogens is 306 g/mol. The van der Waals surface area contributed by atoms with Gasteiger partial charge in [0.05, 0.1) is 6.61 Å². The van der Waals surface area contributed by atoms with Crippen molar-refractivity contribution >= 4 is 11.9 Å². The number of carboxylic acid groups (broad SMARTS) is 1. The summed E-state index contributed by atoms with van der Waals surface area (Å²) in [6.07, 6.45) is 15.6. The molecule has 140 valence electrons. The first-order valence-electron chi connectivity index (χ1n) is 9.81. The van der Waals surface area contributed by atoms with Gasteiger partial charge < -0.3 is 5.11 Å². The van der Waals surface area contributed by atoms with Crippen LogP contribution in [0.3, 0.4) is 0 Å². The molecule has 5 nitrogen and oxygen atoms in total. The number of nitrogens with one attached hydrogen (secondary N) is 1. The third kappa shape index (κ3) is 12.3. The summed E-state index contributed by atoms with van der Waals surface area (Å²) in [5, 5.41) is 8.54. The Kier molecular flexibility index (Phi) is 12.4. The number of amides is 1. The van der Waals surface area contributed by atoms with Crippen LogP contribution in [-0.4, -0.2) is 23.6 Å². The first kappa shape index (κ1) is 20.9. The van der Waals surface area contributed by atoms with E-state index in [1.54, 1.807) is 0 Å². The molecule has 0 bridgehead atoms. The normalized spacial score (nSPS) is 17.3. The van der Waals surface area contributed by atoms with Crippen LogP contribution < -0.4 is 5.48 Å². The summed E-state index contributed by atoms with van der Waals surface area (Å²) in [5.74, 6) is -0.241. The monoisotopic (exact) mass is 341 g/mol. The van der Waals surface area contributed by atoms with E-state index in [4.69, 9.17) is 9.94 Å². The zero-order valence-electron chi connectivity index (χ0n) is 15.1. The van der Waals surface area contributed by atoms with E-state index in [-0.39, 0.29) is 12.3 Å². The van der Waals surface area contributed by atoms with Crippen molar-refractivity contribution in [1.82, 2.24) is 5.48 Å². The molecule has 1 fully saturated rings. The zero-order valence-corrected chi connectivity index (χ0v) is 15.1. The van der Waals surface area contributed by atoms with Gasteiger partial charge in [0.1, 0.15) is 0 Å². The molecule has 0 aromatic carbocycles. The van der Waals surface area contributed by atoms with Gasteiger partial charge >= 0.3 is 5.97 Å². The molecule has 0 aromatic rings. The zero-order chi connectivity index (χ0) is 17.5. The van der Waals surface area contributed by atoms with Crippen molar-refractivity contribution in [3.05, 3.63) is 0 Å². The molecule has 1 amide bonds. The minimum Gasteiger partial charge on any atom is -0.481 e. The van der Waals surface area contributed by atoms with Crippen LogP contribution in [0.2, 0.25) is 0 Å². The van der Waals surface area contributed by atoms with Crippen molar-refractivity contribution in [2.75, 3.05) is 6.61 Å². The highest BCUT2D eigenvalue weighted by atomic mass is 16.6. The molecular formula is C19H35NO4. The van der Waals surface area contributed by atoms with E-state index in [0.717, 1.165) is 19.3 Å². The topological polar surface area (TPSA) is 75.6 Å². The van der Waals surface area contributed by atoms with Crippen LogP contribution in [0.5, 0.6) is 0 Å². The minimum atomic E-state index is -0.748. The van der Waals surface area contributed by atoms with Gasteiger partial charge in [-0.3, -0.25) is 14.4 Å². The fourth-order valence-corrected chi connectivity index (χ4v) is 3.27. The second-order valence-corrected chi connectivity index (χ2v) is 7.06. The smallest absolute Gasteiger partial charge is 0.303 e. The number of hydroxylamine groups is 1. The van der Waals surface area contributed by atoms with Gasteiger partial charge in [0.2, 0.25) is 5.91 Å². The molecule has 5 heteroatoms. The van der Waals surface area contributed by atoms with Crippen LogP contribution in [0.1, 0.15) is 96.3 Å². The van der Waals surface area contributed by atoms with E-state index in [2.05, 4.69) is 5.48 Å². The molecule has 24 heavy (non-hydrogen) atoms. The molecule has 2 N–H and O–H groups in total. The van der Waals surface area contributed by atoms with Crippen molar-refractivity contribution in [3.63, 3.8) is 0 Å². The quantitative estimate of drug-likeness (QED) is 0.450. The summed E-state index contributed by atoms with van der Waals surface area (Å²) in [6, 6.07) is 0. The van der Waals surface area contributed by atoms with Gasteiger partial charge in [-0.15, -0.1) is 0 Å². The molecule has 1 aliphatic carbocycles. The highest BCUT2D eigenvalue weighted by molar-refractivity contribution is 5.74. The van der Waals surface area contributed by atoms with E-state index >= 15 is 0 Å². The summed E-state index contributed by atoms with van der Waals surface area (Å²) in [6.45, 7) is 0.629. The van der Waals surface area contributed by atoms with E-state index in [0.29, 0.717) is 25.4 Å². The van der Waals surface area contributed by atoms with Crippen molar-refractivity contribution in [2.24, 2.45) is 5.92 Å². The van der Waals surface area contributed by atoms with Crippen molar-refractivity contribution in [2.45, 2.75) is 96.3 Å². The van der Waals surface area contributed by atoms with Gasteiger partial charge in [-0.1, -0.05) is 57.8 Å². The Labute approximate surface area is 146 Å². The van der Waals surface area contributed by atoms with Crippen LogP contribution in [-0.2, 0) is 14.4 Å². The molecule has 0 aromatic heterocycles. The summed E-state index contributed by atoms with van der Waals surface area (Å²) >= 11 is 0. The Bertz CT molecular complexity index is 336. The predicted molar refractivity (Wildman–Crippen MR) is 94.5 cm³/mol. The van der Waals surface area contributed by atoms with Crippen LogP contribution in [0, 0.1) is 5.92 Å². The van der Waals surface area contributed by atoms with Gasteiger partial charge in [-0.25, -0.2) is 5.48 Å². The van der Waals surface area contributed by atoms with Gasteiger partial charge in [-0.05, 0) is 31.6 Å². The second-order valence-electron chi connectivity index (χ2n) is 7.06. The molecule has 0 heterocycles. The van der Waals surface area contributed by atoms with Crippen molar-refractivity contribution in [1.29, 1.82) is 0 Å². The fourth-order valence-electron chi connectivity index (χ4n) is 3.27. The molecule has 0 saturated heterocycles. The first-order valence-corrected chi connectivity index (χ1v) is 9.81. The maximum atomic E-state index is 11.7. The first-order chi connectivity index (χ1) is 11.7. The summed E-state index contributed by atoms with van der Waals surface area (Å²) in [7, 11) is 0. The lowest BCUT2D eigenvalue weighted by molar-refractivity contribution is -0.137. The average Bonchev–Trinajstić information content (AvgIpc) is 2.56. The Morgan fingerprint density at radius 3 is 1.96 bits per heavy atom. The van der Waals surface area contributed by atoms with Gasteiger partial charge in [-0.2, -0.15) is 0 Å². The highest BCUT2D eigenvalue weighted by Crippen LogP contribution is 2.21. The van der Waals surface area contributed by atoms with Crippen molar-refractivity contribution < 1.29 is 19.5 Å². The third-order valence-corrected chi connectivity index (χ3v) is 4.77. The fraction of sp³-hybridized carbons (Fsp3) is 0.895. The number of rotatable bonds is 10. The lowest BCUT2D eigenvalue weighted by Gasteiger charge is -2.18. The third-order valence-electron chi connectivity index (χ3n) is 4.77. The lowest BCUT2D eigenvalue weighted by Crippen LogP contribution is -2.26. The Hall–Kier alpha value is -1.10. The van der Waals surface area contributed by atoms with Crippen molar-refractivity contribution in [3.8, 4) is 0 Å². The number of aliphatic carboxylic acids is 1. The van der Waals surface area contributed by atoms with Crippen LogP contribution >= 0.6 is 0 Å². The maximum absolute atomic E-state index is 11.7. The number of carbonyl (C=O) groups excluding carboxylic acids is 1. The summed E-state index contributed by atoms with van der Waals surface area (Å²) < 4.78 is 0. The number of unbranched alkanes of at least 4 members (excludes halogenated alkanes) is 3. The maximum Gasteiger partial charge on any atom is 0.303 e. The molecule has 1 rings (SSSR count). The molecule has 0 aliphatic heterocycles. The summed E-state index contributed by atoms with van der Waals surface area (Å²) in [5.41, 5.74) is 2.57. The summed E-state index contributed by atoms with van der Waals surface area (Å²) in [4.78, 5) is 27.5. The second kappa shape index (κ2) is 14.3. The molecule has 0 atom stereocenters. The predicted octanol–water partition coefficient (Wildman–Crippen LogP) is 4.60. The highest BCUT2D eigenvalue weighted by Gasteiger charge is 2.11. The molecule has 0 spiro atoms. The SMILES string of the molecule is O=C(O)CCCCCCC(=O)NOCC1CCCCCCCCC1. The number of hydrogen-bond acceptors (Lipinski definition) is 3. The largest absolute Gasteiger partial charge is 0.481 e. The Balaban J connectivity index is 2.01. The number of carbonyl (C=O) groups is 2. The van der Waals surface area contributed by atoms with E-state index in [9.17, 15) is 9.59 Å². The van der Waals surface area contributed by atoms with Gasteiger partial charge in [0.25, 0.3) is 0 Å². The minimum absolute atomic E-state index is 0.0619. The lowest BCUT2D eigenvalue weighted by atomic mass is 9.93. The average molecular weight is 341 g/mol. The molecule has 0 unspecified atom stereocenters. The number of hydrogen-bond donors (Lipinski definition) is 2. The molecule has 1 aliphatic rings. The van der Waals surface area contributed by atoms with E-state index < -0.39 is 5.97 Å². The molecule has 1 saturated carbocycles. The van der Waals surface area contributed by atoms with E-state index in [1.165, 1.54) is 57.8 Å². The number of carboxylic acids is 1. The Morgan fingerprint density at radius 1 is 0.833 bits per heavy atom. The molecule has 0 radical (unpaired) electrons. The van der Waals surface area contributed by atoms with Crippen LogP contribution in [0.25, 0.3) is 0 Å². The van der Waals surface area contributed by atoms with Gasteiger partial charge in [0.15, 0.2) is 0 Å². The van der Waals surface area contributed by atoms with Crippen LogP contribution in [0.4, 0.5) is 0 Å². The van der Waals surface area contributed by atoms with E-state index in [1.807, 2.05) is 0 Å².